The first-order valence-corrected chi connectivity index (χ1v) is 11.7. The van der Waals surface area contributed by atoms with E-state index >= 15 is 0 Å². The zero-order chi connectivity index (χ0) is 25.7. The van der Waals surface area contributed by atoms with Crippen LogP contribution < -0.4 is 21.1 Å². The van der Waals surface area contributed by atoms with Gasteiger partial charge in [-0.1, -0.05) is 6.42 Å². The first-order valence-electron chi connectivity index (χ1n) is 11.7. The van der Waals surface area contributed by atoms with Gasteiger partial charge >= 0.3 is 12.2 Å². The van der Waals surface area contributed by atoms with E-state index in [1.165, 1.54) is 23.2 Å². The van der Waals surface area contributed by atoms with Crippen LogP contribution >= 0.6 is 0 Å². The molecule has 0 saturated carbocycles. The summed E-state index contributed by atoms with van der Waals surface area (Å²) in [5, 5.41) is 10.2. The minimum atomic E-state index is -4.46. The Morgan fingerprint density at radius 1 is 1.06 bits per heavy atom. The van der Waals surface area contributed by atoms with Gasteiger partial charge < -0.3 is 26.0 Å². The largest absolute Gasteiger partial charge is 0.497 e. The summed E-state index contributed by atoms with van der Waals surface area (Å²) in [6, 6.07) is 11.1. The molecule has 2 aromatic carbocycles. The van der Waals surface area contributed by atoms with Gasteiger partial charge in [-0.2, -0.15) is 18.3 Å². The molecule has 1 saturated heterocycles. The molecule has 1 aromatic heterocycles. The van der Waals surface area contributed by atoms with Gasteiger partial charge in [-0.15, -0.1) is 0 Å². The lowest BCUT2D eigenvalue weighted by Crippen LogP contribution is -2.39. The smallest absolute Gasteiger partial charge is 0.416 e. The predicted molar refractivity (Wildman–Crippen MR) is 132 cm³/mol. The van der Waals surface area contributed by atoms with Crippen molar-refractivity contribution in [2.24, 2.45) is 0 Å². The predicted octanol–water partition coefficient (Wildman–Crippen LogP) is 4.76. The van der Waals surface area contributed by atoms with E-state index < -0.39 is 17.8 Å². The number of carbonyl (C=O) groups excluding carboxylic acids is 1. The molecule has 0 unspecified atom stereocenters. The third-order valence-electron chi connectivity index (χ3n) is 6.12. The number of anilines is 2. The molecule has 0 spiro atoms. The number of halogens is 3. The zero-order valence-electron chi connectivity index (χ0n) is 19.9. The molecule has 3 aromatic rings. The SMILES string of the molecule is COc1ccc(-c2nn(-c3ccc(C(F)(F)F)cc3)c(N)c2NC(=O)NCCN2CCCCC2)cc1. The highest BCUT2D eigenvalue weighted by molar-refractivity contribution is 5.97. The van der Waals surface area contributed by atoms with Crippen LogP contribution in [0.3, 0.4) is 0 Å². The van der Waals surface area contributed by atoms with E-state index in [0.29, 0.717) is 29.2 Å². The summed E-state index contributed by atoms with van der Waals surface area (Å²) in [5.74, 6) is 0.727. The second-order valence-electron chi connectivity index (χ2n) is 8.58. The molecule has 4 N–H and O–H groups in total. The number of nitrogens with two attached hydrogens (primary N) is 1. The number of likely N-dealkylation sites (tertiary alicyclic amines) is 1. The van der Waals surface area contributed by atoms with Crippen LogP contribution in [0.25, 0.3) is 16.9 Å². The second-order valence-corrected chi connectivity index (χ2v) is 8.58. The summed E-state index contributed by atoms with van der Waals surface area (Å²) in [5.41, 5.74) is 7.18. The van der Waals surface area contributed by atoms with E-state index in [1.54, 1.807) is 31.4 Å². The Morgan fingerprint density at radius 3 is 2.33 bits per heavy atom. The van der Waals surface area contributed by atoms with Crippen molar-refractivity contribution in [3.63, 3.8) is 0 Å². The molecule has 1 aliphatic heterocycles. The maximum Gasteiger partial charge on any atom is 0.416 e. The number of aromatic nitrogens is 2. The molecule has 11 heteroatoms. The Balaban J connectivity index is 1.58. The molecule has 2 heterocycles. The molecule has 36 heavy (non-hydrogen) atoms. The summed E-state index contributed by atoms with van der Waals surface area (Å²) in [4.78, 5) is 15.0. The second kappa shape index (κ2) is 10.9. The number of piperidine rings is 1. The zero-order valence-corrected chi connectivity index (χ0v) is 19.9. The number of carbonyl (C=O) groups is 1. The molecule has 4 rings (SSSR count). The number of hydrogen-bond acceptors (Lipinski definition) is 5. The fraction of sp³-hybridized carbons (Fsp3) is 0.360. The highest BCUT2D eigenvalue weighted by Crippen LogP contribution is 2.36. The lowest BCUT2D eigenvalue weighted by atomic mass is 10.1. The van der Waals surface area contributed by atoms with Crippen molar-refractivity contribution in [3.8, 4) is 22.7 Å². The molecule has 0 atom stereocenters. The summed E-state index contributed by atoms with van der Waals surface area (Å²) >= 11 is 0. The summed E-state index contributed by atoms with van der Waals surface area (Å²) in [6.07, 6.45) is -0.892. The van der Waals surface area contributed by atoms with Crippen LogP contribution in [0.15, 0.2) is 48.5 Å². The number of nitrogens with zero attached hydrogens (tertiary/aromatic N) is 3. The number of ether oxygens (including phenoxy) is 1. The lowest BCUT2D eigenvalue weighted by Gasteiger charge is -2.26. The van der Waals surface area contributed by atoms with Crippen LogP contribution in [-0.2, 0) is 6.18 Å². The minimum absolute atomic E-state index is 0.0896. The number of methoxy groups -OCH3 is 1. The van der Waals surface area contributed by atoms with Gasteiger partial charge in [-0.3, -0.25) is 0 Å². The first kappa shape index (κ1) is 25.4. The van der Waals surface area contributed by atoms with Crippen LogP contribution in [0, 0.1) is 0 Å². The van der Waals surface area contributed by atoms with Crippen molar-refractivity contribution in [1.29, 1.82) is 0 Å². The van der Waals surface area contributed by atoms with Gasteiger partial charge in [0.15, 0.2) is 5.82 Å². The topological polar surface area (TPSA) is 97.4 Å². The normalized spacial score (nSPS) is 14.4. The van der Waals surface area contributed by atoms with Crippen molar-refractivity contribution >= 4 is 17.5 Å². The van der Waals surface area contributed by atoms with E-state index in [0.717, 1.165) is 44.6 Å². The Bertz CT molecular complexity index is 1170. The lowest BCUT2D eigenvalue weighted by molar-refractivity contribution is -0.137. The minimum Gasteiger partial charge on any atom is -0.497 e. The molecule has 1 fully saturated rings. The average Bonchev–Trinajstić information content (AvgIpc) is 3.20. The number of alkyl halides is 3. The molecular weight excluding hydrogens is 473 g/mol. The molecule has 192 valence electrons. The summed E-state index contributed by atoms with van der Waals surface area (Å²) < 4.78 is 45.5. The maximum atomic E-state index is 13.0. The van der Waals surface area contributed by atoms with Gasteiger partial charge in [0.05, 0.1) is 18.4 Å². The molecule has 0 bridgehead atoms. The van der Waals surface area contributed by atoms with Crippen LogP contribution in [0.1, 0.15) is 24.8 Å². The van der Waals surface area contributed by atoms with E-state index in [-0.39, 0.29) is 11.5 Å². The number of amides is 2. The molecule has 8 nitrogen and oxygen atoms in total. The Hall–Kier alpha value is -3.73. The van der Waals surface area contributed by atoms with Crippen molar-refractivity contribution in [2.75, 3.05) is 44.3 Å². The Kier molecular flexibility index (Phi) is 7.68. The van der Waals surface area contributed by atoms with Crippen LogP contribution in [-0.4, -0.2) is 54.0 Å². The fourth-order valence-corrected chi connectivity index (χ4v) is 4.16. The van der Waals surface area contributed by atoms with Crippen molar-refractivity contribution < 1.29 is 22.7 Å². The highest BCUT2D eigenvalue weighted by Gasteiger charge is 2.30. The number of nitrogens with one attached hydrogen (secondary N) is 2. The number of benzene rings is 2. The summed E-state index contributed by atoms with van der Waals surface area (Å²) in [6.45, 7) is 3.27. The number of nitrogen functional groups attached to an aromatic ring is 1. The number of rotatable bonds is 7. The van der Waals surface area contributed by atoms with Gasteiger partial charge in [-0.25, -0.2) is 9.48 Å². The van der Waals surface area contributed by atoms with Gasteiger partial charge in [-0.05, 0) is 74.5 Å². The monoisotopic (exact) mass is 502 g/mol. The molecule has 0 radical (unpaired) electrons. The average molecular weight is 503 g/mol. The number of urea groups is 1. The third kappa shape index (κ3) is 5.91. The molecule has 0 aliphatic carbocycles. The fourth-order valence-electron chi connectivity index (χ4n) is 4.16. The highest BCUT2D eigenvalue weighted by atomic mass is 19.4. The van der Waals surface area contributed by atoms with Gasteiger partial charge in [0.25, 0.3) is 0 Å². The maximum absolute atomic E-state index is 13.0. The van der Waals surface area contributed by atoms with E-state index in [2.05, 4.69) is 20.6 Å². The van der Waals surface area contributed by atoms with Crippen LogP contribution in [0.4, 0.5) is 29.5 Å². The van der Waals surface area contributed by atoms with E-state index in [1.807, 2.05) is 0 Å². The van der Waals surface area contributed by atoms with Gasteiger partial charge in [0.2, 0.25) is 0 Å². The first-order chi connectivity index (χ1) is 17.3. The molecular formula is C25H29F3N6O2. The standard InChI is InChI=1S/C25H29F3N6O2/c1-36-20-11-5-17(6-12-20)21-22(31-24(35)30-13-16-33-14-3-2-4-15-33)23(29)34(32-21)19-9-7-18(8-10-19)25(26,27)28/h5-12H,2-4,13-16,29H2,1H3,(H2,30,31,35). The quantitative estimate of drug-likeness (QED) is 0.433. The Morgan fingerprint density at radius 2 is 1.72 bits per heavy atom. The van der Waals surface area contributed by atoms with Gasteiger partial charge in [0, 0.05) is 18.7 Å². The van der Waals surface area contributed by atoms with Crippen LogP contribution in [0.5, 0.6) is 5.75 Å². The number of hydrogen-bond donors (Lipinski definition) is 3. The summed E-state index contributed by atoms with van der Waals surface area (Å²) in [7, 11) is 1.55. The van der Waals surface area contributed by atoms with Crippen molar-refractivity contribution in [2.45, 2.75) is 25.4 Å². The van der Waals surface area contributed by atoms with Gasteiger partial charge in [0.1, 0.15) is 17.1 Å². The van der Waals surface area contributed by atoms with E-state index in [9.17, 15) is 18.0 Å². The molecule has 1 aliphatic rings. The van der Waals surface area contributed by atoms with Crippen molar-refractivity contribution in [3.05, 3.63) is 54.1 Å². The molecule has 2 amide bonds. The van der Waals surface area contributed by atoms with E-state index in [4.69, 9.17) is 10.5 Å². The Labute approximate surface area is 207 Å². The third-order valence-corrected chi connectivity index (χ3v) is 6.12. The van der Waals surface area contributed by atoms with Crippen molar-refractivity contribution in [1.82, 2.24) is 20.0 Å². The van der Waals surface area contributed by atoms with Crippen LogP contribution in [0.2, 0.25) is 0 Å².